The van der Waals surface area contributed by atoms with Crippen molar-refractivity contribution in [1.82, 2.24) is 5.32 Å². The highest BCUT2D eigenvalue weighted by Gasteiger charge is 2.19. The number of nitrogens with one attached hydrogen (secondary N) is 1. The lowest BCUT2D eigenvalue weighted by atomic mass is 9.92. The molecule has 0 radical (unpaired) electrons. The molecule has 0 unspecified atom stereocenters. The van der Waals surface area contributed by atoms with E-state index >= 15 is 0 Å². The molecule has 88 valence electrons. The van der Waals surface area contributed by atoms with Crippen molar-refractivity contribution >= 4 is 5.91 Å². The molecule has 1 aliphatic carbocycles. The molecule has 5 nitrogen and oxygen atoms in total. The van der Waals surface area contributed by atoms with E-state index in [-0.39, 0.29) is 18.6 Å². The summed E-state index contributed by atoms with van der Waals surface area (Å²) in [7, 11) is 0. The first kappa shape index (κ1) is 12.4. The molecule has 0 spiro atoms. The van der Waals surface area contributed by atoms with Gasteiger partial charge >= 0.3 is 0 Å². The zero-order valence-electron chi connectivity index (χ0n) is 9.08. The number of ether oxygens (including phenoxy) is 1. The molecule has 1 fully saturated rings. The SMILES string of the molecule is NCCOCC(=O)NC1CCC(N)CC1. The fraction of sp³-hybridized carbons (Fsp3) is 0.900. The summed E-state index contributed by atoms with van der Waals surface area (Å²) in [5, 5.41) is 2.94. The summed E-state index contributed by atoms with van der Waals surface area (Å²) < 4.78 is 5.05. The van der Waals surface area contributed by atoms with Gasteiger partial charge in [0, 0.05) is 18.6 Å². The highest BCUT2D eigenvalue weighted by atomic mass is 16.5. The van der Waals surface area contributed by atoms with E-state index in [1.807, 2.05) is 0 Å². The zero-order chi connectivity index (χ0) is 11.1. The number of hydrogen-bond donors (Lipinski definition) is 3. The Morgan fingerprint density at radius 3 is 2.60 bits per heavy atom. The van der Waals surface area contributed by atoms with E-state index in [0.29, 0.717) is 19.2 Å². The van der Waals surface area contributed by atoms with Gasteiger partial charge in [-0.25, -0.2) is 0 Å². The van der Waals surface area contributed by atoms with E-state index in [2.05, 4.69) is 5.32 Å². The van der Waals surface area contributed by atoms with Crippen molar-refractivity contribution in [3.8, 4) is 0 Å². The summed E-state index contributed by atoms with van der Waals surface area (Å²) in [6.45, 7) is 0.994. The maximum Gasteiger partial charge on any atom is 0.246 e. The number of amides is 1. The number of carbonyl (C=O) groups excluding carboxylic acids is 1. The largest absolute Gasteiger partial charge is 0.370 e. The van der Waals surface area contributed by atoms with Crippen LogP contribution in [0.4, 0.5) is 0 Å². The third-order valence-electron chi connectivity index (χ3n) is 2.63. The van der Waals surface area contributed by atoms with Crippen LogP contribution in [0.2, 0.25) is 0 Å². The van der Waals surface area contributed by atoms with Gasteiger partial charge < -0.3 is 21.5 Å². The molecule has 5 N–H and O–H groups in total. The summed E-state index contributed by atoms with van der Waals surface area (Å²) in [5.41, 5.74) is 11.0. The van der Waals surface area contributed by atoms with E-state index in [9.17, 15) is 4.79 Å². The average molecular weight is 215 g/mol. The number of hydrogen-bond acceptors (Lipinski definition) is 4. The predicted octanol–water partition coefficient (Wildman–Crippen LogP) is -0.652. The Kier molecular flexibility index (Phi) is 5.60. The molecular formula is C10H21N3O2. The zero-order valence-corrected chi connectivity index (χ0v) is 9.08. The molecular weight excluding hydrogens is 194 g/mol. The lowest BCUT2D eigenvalue weighted by molar-refractivity contribution is -0.126. The Labute approximate surface area is 90.5 Å². The topological polar surface area (TPSA) is 90.4 Å². The van der Waals surface area contributed by atoms with Crippen LogP contribution in [0.5, 0.6) is 0 Å². The molecule has 0 bridgehead atoms. The third-order valence-corrected chi connectivity index (χ3v) is 2.63. The summed E-state index contributed by atoms with van der Waals surface area (Å²) >= 11 is 0. The lowest BCUT2D eigenvalue weighted by Gasteiger charge is -2.26. The second-order valence-corrected chi connectivity index (χ2v) is 4.02. The molecule has 1 aliphatic rings. The Balaban J connectivity index is 2.09. The van der Waals surface area contributed by atoms with Crippen molar-refractivity contribution in [3.05, 3.63) is 0 Å². The first-order valence-electron chi connectivity index (χ1n) is 5.55. The maximum atomic E-state index is 11.4. The summed E-state index contributed by atoms with van der Waals surface area (Å²) in [5.74, 6) is -0.0519. The van der Waals surface area contributed by atoms with Gasteiger partial charge in [-0.2, -0.15) is 0 Å². The van der Waals surface area contributed by atoms with E-state index in [1.54, 1.807) is 0 Å². The molecule has 0 aromatic carbocycles. The molecule has 0 aromatic rings. The van der Waals surface area contributed by atoms with Gasteiger partial charge in [0.1, 0.15) is 6.61 Å². The van der Waals surface area contributed by atoms with Gasteiger partial charge in [0.25, 0.3) is 0 Å². The standard InChI is InChI=1S/C10H21N3O2/c11-5-6-15-7-10(14)13-9-3-1-8(12)2-4-9/h8-9H,1-7,11-12H2,(H,13,14). The predicted molar refractivity (Wildman–Crippen MR) is 58.2 cm³/mol. The normalized spacial score (nSPS) is 26.3. The van der Waals surface area contributed by atoms with E-state index in [0.717, 1.165) is 25.7 Å². The molecule has 0 saturated heterocycles. The summed E-state index contributed by atoms with van der Waals surface area (Å²) in [6, 6.07) is 0.588. The molecule has 1 amide bonds. The van der Waals surface area contributed by atoms with Crippen LogP contribution in [-0.4, -0.2) is 37.7 Å². The van der Waals surface area contributed by atoms with Crippen LogP contribution in [0.3, 0.4) is 0 Å². The van der Waals surface area contributed by atoms with Crippen molar-refractivity contribution in [2.75, 3.05) is 19.8 Å². The molecule has 0 aliphatic heterocycles. The molecule has 1 rings (SSSR count). The van der Waals surface area contributed by atoms with Crippen LogP contribution in [0, 0.1) is 0 Å². The summed E-state index contributed by atoms with van der Waals surface area (Å²) in [4.78, 5) is 11.4. The minimum absolute atomic E-state index is 0.0519. The minimum atomic E-state index is -0.0519. The van der Waals surface area contributed by atoms with E-state index < -0.39 is 0 Å². The Morgan fingerprint density at radius 1 is 1.33 bits per heavy atom. The first-order chi connectivity index (χ1) is 7.22. The van der Waals surface area contributed by atoms with Gasteiger partial charge in [-0.05, 0) is 25.7 Å². The van der Waals surface area contributed by atoms with Crippen LogP contribution in [0.25, 0.3) is 0 Å². The van der Waals surface area contributed by atoms with E-state index in [4.69, 9.17) is 16.2 Å². The summed E-state index contributed by atoms with van der Waals surface area (Å²) in [6.07, 6.45) is 3.94. The van der Waals surface area contributed by atoms with Crippen LogP contribution < -0.4 is 16.8 Å². The number of nitrogens with two attached hydrogens (primary N) is 2. The Hall–Kier alpha value is -0.650. The number of rotatable bonds is 5. The van der Waals surface area contributed by atoms with Gasteiger partial charge in [-0.1, -0.05) is 0 Å². The second kappa shape index (κ2) is 6.76. The van der Waals surface area contributed by atoms with Crippen LogP contribution in [0.1, 0.15) is 25.7 Å². The molecule has 15 heavy (non-hydrogen) atoms. The van der Waals surface area contributed by atoms with Crippen molar-refractivity contribution in [2.24, 2.45) is 11.5 Å². The van der Waals surface area contributed by atoms with E-state index in [1.165, 1.54) is 0 Å². The van der Waals surface area contributed by atoms with Crippen LogP contribution >= 0.6 is 0 Å². The van der Waals surface area contributed by atoms with Gasteiger partial charge in [0.05, 0.1) is 6.61 Å². The minimum Gasteiger partial charge on any atom is -0.370 e. The Bertz CT molecular complexity index is 191. The average Bonchev–Trinajstić information content (AvgIpc) is 2.22. The molecule has 1 saturated carbocycles. The fourth-order valence-corrected chi connectivity index (χ4v) is 1.78. The molecule has 0 aromatic heterocycles. The van der Waals surface area contributed by atoms with Crippen molar-refractivity contribution in [1.29, 1.82) is 0 Å². The van der Waals surface area contributed by atoms with Crippen molar-refractivity contribution in [2.45, 2.75) is 37.8 Å². The quantitative estimate of drug-likeness (QED) is 0.531. The van der Waals surface area contributed by atoms with Gasteiger partial charge in [-0.15, -0.1) is 0 Å². The first-order valence-corrected chi connectivity index (χ1v) is 5.55. The fourth-order valence-electron chi connectivity index (χ4n) is 1.78. The maximum absolute atomic E-state index is 11.4. The monoisotopic (exact) mass is 215 g/mol. The smallest absolute Gasteiger partial charge is 0.246 e. The van der Waals surface area contributed by atoms with Gasteiger partial charge in [0.15, 0.2) is 0 Å². The lowest BCUT2D eigenvalue weighted by Crippen LogP contribution is -2.42. The molecule has 0 heterocycles. The highest BCUT2D eigenvalue weighted by Crippen LogP contribution is 2.16. The molecule has 0 atom stereocenters. The third kappa shape index (κ3) is 5.11. The van der Waals surface area contributed by atoms with Crippen LogP contribution in [0.15, 0.2) is 0 Å². The van der Waals surface area contributed by atoms with Crippen LogP contribution in [-0.2, 0) is 9.53 Å². The second-order valence-electron chi connectivity index (χ2n) is 4.02. The molecule has 5 heteroatoms. The number of carbonyl (C=O) groups is 1. The van der Waals surface area contributed by atoms with Gasteiger partial charge in [-0.3, -0.25) is 4.79 Å². The Morgan fingerprint density at radius 2 is 2.00 bits per heavy atom. The van der Waals surface area contributed by atoms with Crippen molar-refractivity contribution in [3.63, 3.8) is 0 Å². The van der Waals surface area contributed by atoms with Gasteiger partial charge in [0.2, 0.25) is 5.91 Å². The highest BCUT2D eigenvalue weighted by molar-refractivity contribution is 5.77. The van der Waals surface area contributed by atoms with Crippen molar-refractivity contribution < 1.29 is 9.53 Å².